The van der Waals surface area contributed by atoms with Crippen molar-refractivity contribution in [1.29, 1.82) is 0 Å². The molecule has 0 heterocycles. The molecular formula is C15H15BrFNO. The lowest BCUT2D eigenvalue weighted by molar-refractivity contribution is 0.300. The second-order valence-electron chi connectivity index (χ2n) is 4.39. The molecule has 2 rings (SSSR count). The molecule has 2 aromatic carbocycles. The molecule has 0 amide bonds. The molecule has 2 aromatic rings. The number of hydrogen-bond donors (Lipinski definition) is 1. The first-order valence-corrected chi connectivity index (χ1v) is 6.78. The minimum absolute atomic E-state index is 0.194. The Bertz CT molecular complexity index is 555. The standard InChI is InChI=1S/C15H15BrFNO/c1-10(18)14-7-6-13(17)8-15(14)19-9-11-2-4-12(16)5-3-11/h2-8,10H,9,18H2,1H3/t10-/m0/s1. The summed E-state index contributed by atoms with van der Waals surface area (Å²) in [5, 5.41) is 0. The first kappa shape index (κ1) is 14.0. The fourth-order valence-corrected chi connectivity index (χ4v) is 2.02. The Balaban J connectivity index is 2.14. The van der Waals surface area contributed by atoms with Crippen LogP contribution in [0, 0.1) is 5.82 Å². The SMILES string of the molecule is C[C@H](N)c1ccc(F)cc1OCc1ccc(Br)cc1. The molecule has 0 spiro atoms. The summed E-state index contributed by atoms with van der Waals surface area (Å²) in [5.74, 6) is 0.174. The Kier molecular flexibility index (Phi) is 4.56. The highest BCUT2D eigenvalue weighted by Gasteiger charge is 2.09. The molecule has 0 radical (unpaired) electrons. The lowest BCUT2D eigenvalue weighted by atomic mass is 10.1. The van der Waals surface area contributed by atoms with E-state index in [9.17, 15) is 4.39 Å². The van der Waals surface area contributed by atoms with Gasteiger partial charge in [-0.15, -0.1) is 0 Å². The van der Waals surface area contributed by atoms with E-state index in [1.165, 1.54) is 12.1 Å². The summed E-state index contributed by atoms with van der Waals surface area (Å²) >= 11 is 3.37. The molecule has 2 N–H and O–H groups in total. The minimum Gasteiger partial charge on any atom is -0.488 e. The van der Waals surface area contributed by atoms with Gasteiger partial charge in [0.1, 0.15) is 18.2 Å². The van der Waals surface area contributed by atoms with E-state index in [2.05, 4.69) is 15.9 Å². The van der Waals surface area contributed by atoms with Crippen LogP contribution in [0.3, 0.4) is 0 Å². The largest absolute Gasteiger partial charge is 0.488 e. The summed E-state index contributed by atoms with van der Waals surface area (Å²) < 4.78 is 19.9. The van der Waals surface area contributed by atoms with Crippen LogP contribution in [0.5, 0.6) is 5.75 Å². The van der Waals surface area contributed by atoms with Crippen LogP contribution in [0.1, 0.15) is 24.1 Å². The smallest absolute Gasteiger partial charge is 0.127 e. The van der Waals surface area contributed by atoms with Gasteiger partial charge in [0.15, 0.2) is 0 Å². The minimum atomic E-state index is -0.324. The van der Waals surface area contributed by atoms with E-state index < -0.39 is 0 Å². The third kappa shape index (κ3) is 3.78. The van der Waals surface area contributed by atoms with E-state index in [0.717, 1.165) is 15.6 Å². The fourth-order valence-electron chi connectivity index (χ4n) is 1.75. The highest BCUT2D eigenvalue weighted by molar-refractivity contribution is 9.10. The van der Waals surface area contributed by atoms with E-state index in [0.29, 0.717) is 12.4 Å². The Morgan fingerprint density at radius 2 is 1.89 bits per heavy atom. The van der Waals surface area contributed by atoms with Gasteiger partial charge in [0.05, 0.1) is 0 Å². The molecule has 0 bridgehead atoms. The molecule has 0 aliphatic carbocycles. The van der Waals surface area contributed by atoms with Gasteiger partial charge in [-0.3, -0.25) is 0 Å². The zero-order chi connectivity index (χ0) is 13.8. The molecule has 2 nitrogen and oxygen atoms in total. The van der Waals surface area contributed by atoms with E-state index >= 15 is 0 Å². The molecule has 0 aromatic heterocycles. The molecule has 0 fully saturated rings. The van der Waals surface area contributed by atoms with Gasteiger partial charge in [0, 0.05) is 22.1 Å². The van der Waals surface area contributed by atoms with E-state index in [1.807, 2.05) is 31.2 Å². The third-order valence-corrected chi connectivity index (χ3v) is 3.30. The maximum atomic E-state index is 13.3. The Hall–Kier alpha value is -1.39. The second-order valence-corrected chi connectivity index (χ2v) is 5.30. The van der Waals surface area contributed by atoms with E-state index in [-0.39, 0.29) is 11.9 Å². The predicted molar refractivity (Wildman–Crippen MR) is 77.5 cm³/mol. The molecular weight excluding hydrogens is 309 g/mol. The molecule has 0 saturated heterocycles. The predicted octanol–water partition coefficient (Wildman–Crippen LogP) is 4.19. The number of benzene rings is 2. The second kappa shape index (κ2) is 6.17. The van der Waals surface area contributed by atoms with Crippen LogP contribution in [0.2, 0.25) is 0 Å². The molecule has 19 heavy (non-hydrogen) atoms. The maximum absolute atomic E-state index is 13.3. The first-order chi connectivity index (χ1) is 9.06. The van der Waals surface area contributed by atoms with Gasteiger partial charge >= 0.3 is 0 Å². The van der Waals surface area contributed by atoms with Gasteiger partial charge in [0.25, 0.3) is 0 Å². The molecule has 0 unspecified atom stereocenters. The van der Waals surface area contributed by atoms with Crippen LogP contribution in [0.15, 0.2) is 46.9 Å². The highest BCUT2D eigenvalue weighted by atomic mass is 79.9. The monoisotopic (exact) mass is 323 g/mol. The van der Waals surface area contributed by atoms with Crippen molar-refractivity contribution in [3.63, 3.8) is 0 Å². The molecule has 1 atom stereocenters. The number of rotatable bonds is 4. The normalized spacial score (nSPS) is 12.2. The Labute approximate surface area is 120 Å². The third-order valence-electron chi connectivity index (χ3n) is 2.77. The quantitative estimate of drug-likeness (QED) is 0.915. The van der Waals surface area contributed by atoms with Crippen molar-refractivity contribution in [1.82, 2.24) is 0 Å². The van der Waals surface area contributed by atoms with Crippen LogP contribution in [0.25, 0.3) is 0 Å². The number of ether oxygens (including phenoxy) is 1. The lowest BCUT2D eigenvalue weighted by Gasteiger charge is -2.14. The van der Waals surface area contributed by atoms with Gasteiger partial charge in [-0.1, -0.05) is 34.1 Å². The maximum Gasteiger partial charge on any atom is 0.127 e. The Morgan fingerprint density at radius 1 is 1.21 bits per heavy atom. The van der Waals surface area contributed by atoms with Crippen molar-refractivity contribution in [3.8, 4) is 5.75 Å². The molecule has 0 aliphatic heterocycles. The van der Waals surface area contributed by atoms with Gasteiger partial charge in [-0.25, -0.2) is 4.39 Å². The van der Waals surface area contributed by atoms with Crippen LogP contribution in [-0.4, -0.2) is 0 Å². The van der Waals surface area contributed by atoms with Crippen LogP contribution >= 0.6 is 15.9 Å². The van der Waals surface area contributed by atoms with Crippen molar-refractivity contribution < 1.29 is 9.13 Å². The summed E-state index contributed by atoms with van der Waals surface area (Å²) in [6.07, 6.45) is 0. The van der Waals surface area contributed by atoms with Gasteiger partial charge in [-0.05, 0) is 30.7 Å². The average molecular weight is 324 g/mol. The summed E-state index contributed by atoms with van der Waals surface area (Å²) in [6, 6.07) is 12.0. The summed E-state index contributed by atoms with van der Waals surface area (Å²) in [5.41, 5.74) is 7.67. The fraction of sp³-hybridized carbons (Fsp3) is 0.200. The van der Waals surface area contributed by atoms with Crippen molar-refractivity contribution >= 4 is 15.9 Å². The van der Waals surface area contributed by atoms with Crippen molar-refractivity contribution in [2.75, 3.05) is 0 Å². The van der Waals surface area contributed by atoms with Crippen LogP contribution in [0.4, 0.5) is 4.39 Å². The van der Waals surface area contributed by atoms with Crippen molar-refractivity contribution in [2.24, 2.45) is 5.73 Å². The molecule has 0 aliphatic rings. The number of halogens is 2. The van der Waals surface area contributed by atoms with Gasteiger partial charge in [0.2, 0.25) is 0 Å². The average Bonchev–Trinajstić information content (AvgIpc) is 2.38. The van der Waals surface area contributed by atoms with E-state index in [4.69, 9.17) is 10.5 Å². The van der Waals surface area contributed by atoms with Crippen molar-refractivity contribution in [3.05, 3.63) is 63.9 Å². The zero-order valence-corrected chi connectivity index (χ0v) is 12.2. The van der Waals surface area contributed by atoms with E-state index in [1.54, 1.807) is 6.07 Å². The lowest BCUT2D eigenvalue weighted by Crippen LogP contribution is -2.08. The van der Waals surface area contributed by atoms with Crippen LogP contribution < -0.4 is 10.5 Å². The van der Waals surface area contributed by atoms with Crippen molar-refractivity contribution in [2.45, 2.75) is 19.6 Å². The number of hydrogen-bond acceptors (Lipinski definition) is 2. The molecule has 4 heteroatoms. The topological polar surface area (TPSA) is 35.2 Å². The summed E-state index contributed by atoms with van der Waals surface area (Å²) in [4.78, 5) is 0. The highest BCUT2D eigenvalue weighted by Crippen LogP contribution is 2.25. The molecule has 0 saturated carbocycles. The van der Waals surface area contributed by atoms with Gasteiger partial charge < -0.3 is 10.5 Å². The Morgan fingerprint density at radius 3 is 2.53 bits per heavy atom. The first-order valence-electron chi connectivity index (χ1n) is 5.98. The summed E-state index contributed by atoms with van der Waals surface area (Å²) in [6.45, 7) is 2.23. The molecule has 100 valence electrons. The van der Waals surface area contributed by atoms with Gasteiger partial charge in [-0.2, -0.15) is 0 Å². The number of nitrogens with two attached hydrogens (primary N) is 1. The zero-order valence-electron chi connectivity index (χ0n) is 10.6. The van der Waals surface area contributed by atoms with Crippen LogP contribution in [-0.2, 0) is 6.61 Å². The summed E-state index contributed by atoms with van der Waals surface area (Å²) in [7, 11) is 0.